The summed E-state index contributed by atoms with van der Waals surface area (Å²) in [5.41, 5.74) is -6.48. The second-order valence-corrected chi connectivity index (χ2v) is 27.0. The molecule has 16 atom stereocenters. The highest BCUT2D eigenvalue weighted by molar-refractivity contribution is 8.77. The molecule has 4 heterocycles. The number of aliphatic hydroxyl groups is 7. The van der Waals surface area contributed by atoms with Crippen molar-refractivity contribution in [3.8, 4) is 11.5 Å². The molecule has 9 N–H and O–H groups in total. The summed E-state index contributed by atoms with van der Waals surface area (Å²) < 4.78 is 32.6. The van der Waals surface area contributed by atoms with Crippen LogP contribution >= 0.6 is 21.6 Å². The Morgan fingerprint density at radius 1 is 0.959 bits per heavy atom. The molecule has 3 spiro atoms. The monoisotopic (exact) mass is 1070 g/mol. The molecule has 16 unspecified atom stereocenters. The van der Waals surface area contributed by atoms with Crippen LogP contribution in [0.25, 0.3) is 11.0 Å². The number of carbonyl (C=O) groups is 1. The summed E-state index contributed by atoms with van der Waals surface area (Å²) in [6.45, 7) is 5.29. The first-order valence-corrected chi connectivity index (χ1v) is 30.8. The third-order valence-corrected chi connectivity index (χ3v) is 23.5. The molecular weight excluding hydrogens is 985 g/mol. The smallest absolute Gasteiger partial charge is 0.306 e. The highest BCUT2D eigenvalue weighted by Crippen LogP contribution is 2.69. The molecule has 17 heteroatoms. The first-order valence-electron chi connectivity index (χ1n) is 28.4. The Labute approximate surface area is 445 Å². The number of carbonyl (C=O) groups excluding carboxylic acids is 1. The van der Waals surface area contributed by atoms with Gasteiger partial charge in [-0.15, -0.1) is 0 Å². The van der Waals surface area contributed by atoms with Gasteiger partial charge in [0.2, 0.25) is 12.0 Å². The van der Waals surface area contributed by atoms with Crippen LogP contribution in [-0.2, 0) is 20.7 Å². The molecule has 2 aromatic rings. The second-order valence-electron chi connectivity index (χ2n) is 24.3. The molecule has 2 saturated heterocycles. The first kappa shape index (κ1) is 55.2. The van der Waals surface area contributed by atoms with E-state index in [1.165, 1.54) is 0 Å². The number of rotatable bonds is 10. The summed E-state index contributed by atoms with van der Waals surface area (Å²) >= 11 is 0. The number of nitrogens with one attached hydrogen (secondary N) is 2. The van der Waals surface area contributed by atoms with Crippen molar-refractivity contribution in [1.82, 2.24) is 10.6 Å². The van der Waals surface area contributed by atoms with E-state index in [2.05, 4.69) is 17.6 Å². The summed E-state index contributed by atoms with van der Waals surface area (Å²) in [5, 5.41) is 96.8. The van der Waals surface area contributed by atoms with E-state index in [1.54, 1.807) is 36.1 Å². The zero-order valence-electron chi connectivity index (χ0n) is 44.0. The van der Waals surface area contributed by atoms with Gasteiger partial charge in [0.25, 0.3) is 0 Å². The van der Waals surface area contributed by atoms with E-state index in [-0.39, 0.29) is 78.3 Å². The van der Waals surface area contributed by atoms with Crippen molar-refractivity contribution < 1.29 is 63.9 Å². The van der Waals surface area contributed by atoms with Crippen LogP contribution in [0.15, 0.2) is 35.0 Å². The van der Waals surface area contributed by atoms with E-state index in [1.807, 2.05) is 30.0 Å². The lowest BCUT2D eigenvalue weighted by Crippen LogP contribution is -2.86. The number of ether oxygens (including phenoxy) is 4. The Hall–Kier alpha value is -2.13. The topological polar surface area (TPSA) is 233 Å². The number of hydrogen-bond donors (Lipinski definition) is 9. The Balaban J connectivity index is 1.16. The van der Waals surface area contributed by atoms with E-state index in [0.717, 1.165) is 103 Å². The Bertz CT molecular complexity index is 2300. The number of aliphatic hydroxyl groups excluding tert-OH is 4. The summed E-state index contributed by atoms with van der Waals surface area (Å²) in [6.07, 6.45) is 13.8. The molecule has 1 aromatic heterocycles. The van der Waals surface area contributed by atoms with Crippen molar-refractivity contribution in [2.24, 2.45) is 40.9 Å². The maximum absolute atomic E-state index is 13.8. The highest BCUT2D eigenvalue weighted by Gasteiger charge is 2.78. The molecule has 74 heavy (non-hydrogen) atoms. The minimum Gasteiger partial charge on any atom is -0.485 e. The van der Waals surface area contributed by atoms with E-state index < -0.39 is 77.3 Å². The van der Waals surface area contributed by atoms with Gasteiger partial charge in [-0.1, -0.05) is 72.8 Å². The zero-order valence-corrected chi connectivity index (χ0v) is 45.7. The highest BCUT2D eigenvalue weighted by atomic mass is 33.1. The van der Waals surface area contributed by atoms with Gasteiger partial charge in [-0.25, -0.2) is 0 Å². The minimum atomic E-state index is -2.49. The van der Waals surface area contributed by atoms with Crippen LogP contribution in [0.4, 0.5) is 0 Å². The van der Waals surface area contributed by atoms with Gasteiger partial charge >= 0.3 is 5.97 Å². The number of aryl methyl sites for hydroxylation is 1. The van der Waals surface area contributed by atoms with E-state index in [9.17, 15) is 40.5 Å². The van der Waals surface area contributed by atoms with Crippen LogP contribution in [-0.4, -0.2) is 145 Å². The van der Waals surface area contributed by atoms with Gasteiger partial charge in [0.15, 0.2) is 16.9 Å². The number of allylic oxidation sites excluding steroid dienone is 1. The quantitative estimate of drug-likeness (QED) is 0.0683. The molecule has 5 bridgehead atoms. The molecule has 8 aliphatic rings. The Morgan fingerprint density at radius 3 is 2.57 bits per heavy atom. The maximum Gasteiger partial charge on any atom is 0.306 e. The van der Waals surface area contributed by atoms with Gasteiger partial charge in [0, 0.05) is 53.3 Å². The SMILES string of the molecule is CCOC(=O)CCc1cc2ccoc2c2c1OC1OC3(CSSC4(CCC5(CCC(CNC)C5)C4CCC4(O)CCCCC4)C(CCC(C)CCCC3O)NCCO2)C2(O)CC3C=CC(O)C(CO)C3C1(O)C2O. The largest absolute Gasteiger partial charge is 0.485 e. The summed E-state index contributed by atoms with van der Waals surface area (Å²) in [7, 11) is 5.45. The predicted molar refractivity (Wildman–Crippen MR) is 285 cm³/mol. The normalized spacial score (nSPS) is 42.4. The number of hydrogen-bond acceptors (Lipinski definition) is 17. The van der Waals surface area contributed by atoms with Crippen LogP contribution in [0.1, 0.15) is 141 Å². The molecule has 5 aliphatic carbocycles. The van der Waals surface area contributed by atoms with Gasteiger partial charge in [0.1, 0.15) is 23.9 Å². The molecule has 414 valence electrons. The van der Waals surface area contributed by atoms with Crippen molar-refractivity contribution in [2.45, 2.75) is 200 Å². The van der Waals surface area contributed by atoms with Crippen molar-refractivity contribution >= 4 is 38.5 Å². The summed E-state index contributed by atoms with van der Waals surface area (Å²) in [6, 6.07) is 3.65. The third-order valence-electron chi connectivity index (χ3n) is 20.1. The maximum atomic E-state index is 13.8. The number of benzene rings is 1. The minimum absolute atomic E-state index is 0.00485. The van der Waals surface area contributed by atoms with Crippen molar-refractivity contribution in [1.29, 1.82) is 0 Å². The van der Waals surface area contributed by atoms with E-state index in [4.69, 9.17) is 23.4 Å². The average molecular weight is 1070 g/mol. The van der Waals surface area contributed by atoms with Gasteiger partial charge in [-0.2, -0.15) is 0 Å². The summed E-state index contributed by atoms with van der Waals surface area (Å²) in [4.78, 5) is 13.0. The van der Waals surface area contributed by atoms with Gasteiger partial charge in [-0.3, -0.25) is 4.79 Å². The number of fused-ring (bicyclic) bond motifs is 11. The number of furan rings is 1. The van der Waals surface area contributed by atoms with Crippen LogP contribution in [0.2, 0.25) is 0 Å². The van der Waals surface area contributed by atoms with Crippen LogP contribution < -0.4 is 20.1 Å². The fourth-order valence-corrected chi connectivity index (χ4v) is 20.6. The molecule has 0 radical (unpaired) electrons. The molecule has 10 rings (SSSR count). The van der Waals surface area contributed by atoms with Crippen molar-refractivity contribution in [3.63, 3.8) is 0 Å². The average Bonchev–Trinajstić information content (AvgIpc) is 4.10. The van der Waals surface area contributed by atoms with E-state index in [0.29, 0.717) is 41.3 Å². The third kappa shape index (κ3) is 9.70. The Morgan fingerprint density at radius 2 is 1.78 bits per heavy atom. The summed E-state index contributed by atoms with van der Waals surface area (Å²) in [5.74, 6) is -1.80. The van der Waals surface area contributed by atoms with Crippen molar-refractivity contribution in [2.75, 3.05) is 45.7 Å². The molecule has 3 aliphatic heterocycles. The van der Waals surface area contributed by atoms with Crippen LogP contribution in [0, 0.1) is 40.9 Å². The molecule has 4 saturated carbocycles. The van der Waals surface area contributed by atoms with Gasteiger partial charge < -0.3 is 69.7 Å². The predicted octanol–water partition coefficient (Wildman–Crippen LogP) is 6.72. The van der Waals surface area contributed by atoms with Gasteiger partial charge in [-0.05, 0) is 157 Å². The lowest BCUT2D eigenvalue weighted by atomic mass is 9.50. The number of esters is 1. The molecule has 6 fully saturated rings. The first-order chi connectivity index (χ1) is 35.6. The molecule has 15 nitrogen and oxygen atoms in total. The van der Waals surface area contributed by atoms with Gasteiger partial charge in [0.05, 0.1) is 30.7 Å². The molecular formula is C57H86N2O13S2. The Kier molecular flexibility index (Phi) is 16.5. The standard InChI is InChI=1S/C57H86N2O13S2/c1-4-68-45(63)16-13-37-29-38-19-27-69-47(38)49-48(37)71-51-57(67)46-39(12-14-41(61)40(46)33-60)31-55(66,50(57)64)56(72-51)34-73-74-54(43(59-26-28-70-49)15-11-35(2)9-8-10-44(56)62)25-24-52(22-17-36(30-52)32-58-3)42(54)18-23-53(65)20-6-5-7-21-53/h12,14,19,27,29,35-36,39-44,46,50-51,58-62,64-67H,4-11,13,15-18,20-26,28,30-34H2,1-3H3. The van der Waals surface area contributed by atoms with Crippen molar-refractivity contribution in [3.05, 3.63) is 36.1 Å². The van der Waals surface area contributed by atoms with E-state index >= 15 is 0 Å². The fourth-order valence-electron chi connectivity index (χ4n) is 16.4. The van der Waals surface area contributed by atoms with Crippen LogP contribution in [0.5, 0.6) is 11.5 Å². The van der Waals surface area contributed by atoms with Crippen LogP contribution in [0.3, 0.4) is 0 Å². The molecule has 0 amide bonds. The lowest BCUT2D eigenvalue weighted by Gasteiger charge is -2.67. The molecule has 1 aromatic carbocycles. The zero-order chi connectivity index (χ0) is 52.1. The lowest BCUT2D eigenvalue weighted by molar-refractivity contribution is -0.424. The fraction of sp³-hybridized carbons (Fsp3) is 0.807. The second kappa shape index (κ2) is 22.2.